The Kier molecular flexibility index (Phi) is 3.47. The monoisotopic (exact) mass is 268 g/mol. The van der Waals surface area contributed by atoms with Gasteiger partial charge in [-0.3, -0.25) is 4.79 Å². The molecule has 1 amide bonds. The normalized spacial score (nSPS) is 16.5. The zero-order chi connectivity index (χ0) is 14.2. The predicted octanol–water partition coefficient (Wildman–Crippen LogP) is 2.71. The van der Waals surface area contributed by atoms with Gasteiger partial charge in [0.25, 0.3) is 5.91 Å². The number of carbonyl (C=O) groups excluding carboxylic acids is 1. The highest BCUT2D eigenvalue weighted by atomic mass is 19.1. The molecular weight excluding hydrogens is 250 g/mol. The maximum absolute atomic E-state index is 13.7. The van der Waals surface area contributed by atoms with Gasteiger partial charge >= 0.3 is 0 Å². The highest BCUT2D eigenvalue weighted by molar-refractivity contribution is 5.95. The Hall–Kier alpha value is -1.65. The number of nitrogens with one attached hydrogen (secondary N) is 1. The van der Waals surface area contributed by atoms with Gasteiger partial charge in [-0.05, 0) is 36.3 Å². The molecular formula is C14H18F2N2O. The van der Waals surface area contributed by atoms with Crippen LogP contribution in [-0.2, 0) is 0 Å². The first-order valence-electron chi connectivity index (χ1n) is 6.39. The second-order valence-electron chi connectivity index (χ2n) is 5.53. The maximum atomic E-state index is 13.7. The van der Waals surface area contributed by atoms with Gasteiger partial charge in [0.05, 0.1) is 5.69 Å². The third-order valence-corrected chi connectivity index (χ3v) is 4.07. The smallest absolute Gasteiger partial charge is 0.257 e. The van der Waals surface area contributed by atoms with Crippen LogP contribution in [0.1, 0.15) is 37.0 Å². The van der Waals surface area contributed by atoms with Gasteiger partial charge in [-0.25, -0.2) is 8.78 Å². The number of halogens is 2. The van der Waals surface area contributed by atoms with Crippen molar-refractivity contribution in [1.82, 2.24) is 5.32 Å². The first kappa shape index (κ1) is 13.8. The molecule has 3 N–H and O–H groups in total. The highest BCUT2D eigenvalue weighted by Gasteiger charge is 2.45. The van der Waals surface area contributed by atoms with Crippen LogP contribution in [0.3, 0.4) is 0 Å². The van der Waals surface area contributed by atoms with Gasteiger partial charge in [-0.15, -0.1) is 0 Å². The quantitative estimate of drug-likeness (QED) is 0.825. The van der Waals surface area contributed by atoms with E-state index in [1.54, 1.807) is 0 Å². The van der Waals surface area contributed by atoms with Crippen LogP contribution in [-0.4, -0.2) is 12.5 Å². The van der Waals surface area contributed by atoms with Crippen molar-refractivity contribution in [1.29, 1.82) is 0 Å². The lowest BCUT2D eigenvalue weighted by Gasteiger charge is -2.20. The Labute approximate surface area is 111 Å². The Morgan fingerprint density at radius 1 is 1.42 bits per heavy atom. The molecule has 0 radical (unpaired) electrons. The van der Waals surface area contributed by atoms with Gasteiger partial charge in [0.15, 0.2) is 5.82 Å². The maximum Gasteiger partial charge on any atom is 0.257 e. The van der Waals surface area contributed by atoms with Gasteiger partial charge in [-0.2, -0.15) is 0 Å². The fraction of sp³-hybridized carbons (Fsp3) is 0.500. The minimum Gasteiger partial charge on any atom is -0.396 e. The molecule has 104 valence electrons. The summed E-state index contributed by atoms with van der Waals surface area (Å²) < 4.78 is 27.2. The van der Waals surface area contributed by atoms with Crippen molar-refractivity contribution in [3.63, 3.8) is 0 Å². The van der Waals surface area contributed by atoms with Crippen molar-refractivity contribution in [2.24, 2.45) is 11.3 Å². The molecule has 0 aromatic heterocycles. The summed E-state index contributed by atoms with van der Waals surface area (Å²) in [6.45, 7) is 4.61. The summed E-state index contributed by atoms with van der Waals surface area (Å²) in [7, 11) is 0. The van der Waals surface area contributed by atoms with Crippen molar-refractivity contribution in [2.75, 3.05) is 12.3 Å². The van der Waals surface area contributed by atoms with Gasteiger partial charge in [0.2, 0.25) is 0 Å². The Morgan fingerprint density at radius 2 is 2.05 bits per heavy atom. The minimum atomic E-state index is -0.994. The molecule has 0 aliphatic heterocycles. The highest BCUT2D eigenvalue weighted by Crippen LogP contribution is 2.51. The van der Waals surface area contributed by atoms with E-state index < -0.39 is 23.1 Å². The molecule has 0 atom stereocenters. The SMILES string of the molecule is CC(C)C1(CNC(=O)c2c(F)ccc(N)c2F)CC1. The molecule has 19 heavy (non-hydrogen) atoms. The van der Waals surface area contributed by atoms with Crippen molar-refractivity contribution in [2.45, 2.75) is 26.7 Å². The molecule has 1 aromatic rings. The average Bonchev–Trinajstić information content (AvgIpc) is 3.13. The van der Waals surface area contributed by atoms with Crippen LogP contribution in [0.2, 0.25) is 0 Å². The minimum absolute atomic E-state index is 0.0862. The lowest BCUT2D eigenvalue weighted by Crippen LogP contribution is -2.33. The number of carbonyl (C=O) groups is 1. The fourth-order valence-corrected chi connectivity index (χ4v) is 2.24. The second kappa shape index (κ2) is 4.79. The number of anilines is 1. The lowest BCUT2D eigenvalue weighted by atomic mass is 9.92. The van der Waals surface area contributed by atoms with E-state index in [-0.39, 0.29) is 11.1 Å². The molecule has 0 unspecified atom stereocenters. The largest absolute Gasteiger partial charge is 0.396 e. The van der Waals surface area contributed by atoms with Gasteiger partial charge in [0, 0.05) is 6.54 Å². The lowest BCUT2D eigenvalue weighted by molar-refractivity contribution is 0.0931. The number of nitrogen functional groups attached to an aromatic ring is 1. The number of rotatable bonds is 4. The molecule has 1 aromatic carbocycles. The van der Waals surface area contributed by atoms with Gasteiger partial charge in [0.1, 0.15) is 11.4 Å². The zero-order valence-electron chi connectivity index (χ0n) is 11.1. The molecule has 2 rings (SSSR count). The van der Waals surface area contributed by atoms with E-state index in [1.807, 2.05) is 0 Å². The molecule has 1 aliphatic rings. The molecule has 0 heterocycles. The van der Waals surface area contributed by atoms with Crippen LogP contribution in [0.15, 0.2) is 12.1 Å². The van der Waals surface area contributed by atoms with Crippen molar-refractivity contribution in [3.8, 4) is 0 Å². The number of benzene rings is 1. The van der Waals surface area contributed by atoms with Crippen molar-refractivity contribution >= 4 is 11.6 Å². The zero-order valence-corrected chi connectivity index (χ0v) is 11.1. The molecule has 1 fully saturated rings. The third kappa shape index (κ3) is 2.55. The molecule has 0 spiro atoms. The first-order chi connectivity index (χ1) is 8.87. The topological polar surface area (TPSA) is 55.1 Å². The van der Waals surface area contributed by atoms with Gasteiger partial charge in [-0.1, -0.05) is 13.8 Å². The van der Waals surface area contributed by atoms with Crippen molar-refractivity contribution in [3.05, 3.63) is 29.3 Å². The Balaban J connectivity index is 2.11. The second-order valence-corrected chi connectivity index (χ2v) is 5.53. The van der Waals surface area contributed by atoms with Crippen LogP contribution < -0.4 is 11.1 Å². The summed E-state index contributed by atoms with van der Waals surface area (Å²) in [5, 5.41) is 2.62. The summed E-state index contributed by atoms with van der Waals surface area (Å²) in [4.78, 5) is 11.9. The molecule has 5 heteroatoms. The molecule has 0 bridgehead atoms. The molecule has 3 nitrogen and oxygen atoms in total. The summed E-state index contributed by atoms with van der Waals surface area (Å²) in [5.41, 5.74) is 4.61. The summed E-state index contributed by atoms with van der Waals surface area (Å²) in [6, 6.07) is 2.11. The van der Waals surface area contributed by atoms with Crippen LogP contribution in [0.4, 0.5) is 14.5 Å². The molecule has 0 saturated heterocycles. The Bertz CT molecular complexity index is 510. The summed E-state index contributed by atoms with van der Waals surface area (Å²) in [5.74, 6) is -2.19. The van der Waals surface area contributed by atoms with Crippen LogP contribution in [0.5, 0.6) is 0 Å². The van der Waals surface area contributed by atoms with E-state index in [0.717, 1.165) is 25.0 Å². The average molecular weight is 268 g/mol. The molecule has 1 saturated carbocycles. The summed E-state index contributed by atoms with van der Waals surface area (Å²) >= 11 is 0. The van der Waals surface area contributed by atoms with E-state index in [9.17, 15) is 13.6 Å². The van der Waals surface area contributed by atoms with E-state index in [2.05, 4.69) is 19.2 Å². The number of amides is 1. The van der Waals surface area contributed by atoms with E-state index in [4.69, 9.17) is 5.73 Å². The summed E-state index contributed by atoms with van der Waals surface area (Å²) in [6.07, 6.45) is 2.07. The van der Waals surface area contributed by atoms with E-state index >= 15 is 0 Å². The number of hydrogen-bond donors (Lipinski definition) is 2. The fourth-order valence-electron chi connectivity index (χ4n) is 2.24. The first-order valence-corrected chi connectivity index (χ1v) is 6.39. The predicted molar refractivity (Wildman–Crippen MR) is 69.6 cm³/mol. The molecule has 1 aliphatic carbocycles. The van der Waals surface area contributed by atoms with E-state index in [0.29, 0.717) is 12.5 Å². The Morgan fingerprint density at radius 3 is 2.58 bits per heavy atom. The van der Waals surface area contributed by atoms with Crippen LogP contribution in [0.25, 0.3) is 0 Å². The van der Waals surface area contributed by atoms with E-state index in [1.165, 1.54) is 0 Å². The van der Waals surface area contributed by atoms with Crippen LogP contribution >= 0.6 is 0 Å². The van der Waals surface area contributed by atoms with Crippen LogP contribution in [0, 0.1) is 23.0 Å². The number of hydrogen-bond acceptors (Lipinski definition) is 2. The van der Waals surface area contributed by atoms with Gasteiger partial charge < -0.3 is 11.1 Å². The number of nitrogens with two attached hydrogens (primary N) is 1. The van der Waals surface area contributed by atoms with Crippen molar-refractivity contribution < 1.29 is 13.6 Å². The standard InChI is InChI=1S/C14H18F2N2O/c1-8(2)14(5-6-14)7-18-13(19)11-9(15)3-4-10(17)12(11)16/h3-4,8H,5-7,17H2,1-2H3,(H,18,19). The third-order valence-electron chi connectivity index (χ3n) is 4.07.